The van der Waals surface area contributed by atoms with E-state index in [2.05, 4.69) is 0 Å². The van der Waals surface area contributed by atoms with E-state index in [0.717, 1.165) is 33.6 Å². The molecule has 1 saturated heterocycles. The van der Waals surface area contributed by atoms with Gasteiger partial charge in [0.25, 0.3) is 0 Å². The summed E-state index contributed by atoms with van der Waals surface area (Å²) in [5, 5.41) is 0. The molecule has 254 valence electrons. The topological polar surface area (TPSA) is 64.6 Å². The van der Waals surface area contributed by atoms with E-state index in [1.54, 1.807) is 7.11 Å². The van der Waals surface area contributed by atoms with Crippen molar-refractivity contribution in [1.29, 1.82) is 0 Å². The van der Waals surface area contributed by atoms with E-state index in [0.29, 0.717) is 33.0 Å². The third-order valence-corrected chi connectivity index (χ3v) is 8.41. The maximum Gasteiger partial charge on any atom is 0.187 e. The zero-order valence-electron chi connectivity index (χ0n) is 27.8. The predicted molar refractivity (Wildman–Crippen MR) is 188 cm³/mol. The summed E-state index contributed by atoms with van der Waals surface area (Å²) in [7, 11) is 1.66. The Hall–Kier alpha value is -4.34. The first-order valence-corrected chi connectivity index (χ1v) is 16.7. The lowest BCUT2D eigenvalue weighted by Crippen LogP contribution is -2.61. The highest BCUT2D eigenvalue weighted by molar-refractivity contribution is 5.27. The molecule has 7 nitrogen and oxygen atoms in total. The Bertz CT molecular complexity index is 1620. The monoisotopic (exact) mass is 660 g/mol. The van der Waals surface area contributed by atoms with E-state index in [1.807, 2.05) is 146 Å². The highest BCUT2D eigenvalue weighted by Crippen LogP contribution is 2.32. The first-order chi connectivity index (χ1) is 24.2. The van der Waals surface area contributed by atoms with Crippen molar-refractivity contribution in [2.24, 2.45) is 0 Å². The van der Waals surface area contributed by atoms with Crippen LogP contribution in [0.4, 0.5) is 0 Å². The van der Waals surface area contributed by atoms with Crippen LogP contribution in [0.5, 0.6) is 5.75 Å². The molecule has 0 aliphatic carbocycles. The molecule has 6 rings (SSSR count). The predicted octanol–water partition coefficient (Wildman–Crippen LogP) is 7.91. The molecule has 0 N–H and O–H groups in total. The molecule has 5 aromatic carbocycles. The molecule has 5 atom stereocenters. The summed E-state index contributed by atoms with van der Waals surface area (Å²) in [4.78, 5) is 0. The average molecular weight is 661 g/mol. The smallest absolute Gasteiger partial charge is 0.187 e. The van der Waals surface area contributed by atoms with Gasteiger partial charge >= 0.3 is 0 Å². The van der Waals surface area contributed by atoms with E-state index in [4.69, 9.17) is 33.2 Å². The molecule has 1 fully saturated rings. The largest absolute Gasteiger partial charge is 0.497 e. The van der Waals surface area contributed by atoms with Crippen LogP contribution in [0, 0.1) is 0 Å². The summed E-state index contributed by atoms with van der Waals surface area (Å²) in [6.45, 7) is 2.10. The molecule has 7 heteroatoms. The second kappa shape index (κ2) is 18.4. The fourth-order valence-electron chi connectivity index (χ4n) is 5.78. The van der Waals surface area contributed by atoms with Crippen molar-refractivity contribution < 1.29 is 33.2 Å². The fraction of sp³-hybridized carbons (Fsp3) is 0.286. The zero-order chi connectivity index (χ0) is 33.5. The number of ether oxygens (including phenoxy) is 7. The van der Waals surface area contributed by atoms with Gasteiger partial charge < -0.3 is 33.2 Å². The third-order valence-electron chi connectivity index (χ3n) is 8.41. The van der Waals surface area contributed by atoms with Gasteiger partial charge in [-0.25, -0.2) is 0 Å². The second-order valence-electron chi connectivity index (χ2n) is 12.0. The summed E-state index contributed by atoms with van der Waals surface area (Å²) in [5.74, 6) is 0.785. The third kappa shape index (κ3) is 10.3. The van der Waals surface area contributed by atoms with Crippen molar-refractivity contribution in [1.82, 2.24) is 0 Å². The van der Waals surface area contributed by atoms with Crippen LogP contribution in [0.3, 0.4) is 0 Å². The highest BCUT2D eigenvalue weighted by Gasteiger charge is 2.49. The van der Waals surface area contributed by atoms with Crippen LogP contribution in [0.2, 0.25) is 0 Å². The Morgan fingerprint density at radius 3 is 1.33 bits per heavy atom. The summed E-state index contributed by atoms with van der Waals surface area (Å²) < 4.78 is 45.2. The van der Waals surface area contributed by atoms with Crippen LogP contribution in [-0.2, 0) is 61.5 Å². The van der Waals surface area contributed by atoms with Crippen LogP contribution in [-0.4, -0.2) is 44.4 Å². The highest BCUT2D eigenvalue weighted by atomic mass is 16.7. The molecular weight excluding hydrogens is 616 g/mol. The minimum Gasteiger partial charge on any atom is -0.497 e. The maximum absolute atomic E-state index is 6.82. The molecule has 0 bridgehead atoms. The Morgan fingerprint density at radius 1 is 0.429 bits per heavy atom. The lowest BCUT2D eigenvalue weighted by molar-refractivity contribution is -0.330. The van der Waals surface area contributed by atoms with Crippen molar-refractivity contribution in [3.05, 3.63) is 173 Å². The van der Waals surface area contributed by atoms with Gasteiger partial charge in [-0.15, -0.1) is 0 Å². The normalized spacial score (nSPS) is 20.6. The van der Waals surface area contributed by atoms with Gasteiger partial charge in [-0.3, -0.25) is 0 Å². The fourth-order valence-corrected chi connectivity index (χ4v) is 5.78. The standard InChI is InChI=1S/C42H44O7/c1-43-37-24-22-36(23-25-37)29-46-40-39(45-27-33-16-8-3-9-17-33)38(31-44-26-32-14-6-2-7-15-32)49-42(48-30-35-20-12-5-13-21-35)41(40)47-28-34-18-10-4-11-19-34/h2-25,38-42H,26-31H2,1H3/t38-,39+,40+,41-,42-/m1/s1. The second-order valence-corrected chi connectivity index (χ2v) is 12.0. The van der Waals surface area contributed by atoms with Crippen molar-refractivity contribution in [2.45, 2.75) is 63.7 Å². The number of benzene rings is 5. The van der Waals surface area contributed by atoms with E-state index >= 15 is 0 Å². The lowest BCUT2D eigenvalue weighted by Gasteiger charge is -2.46. The SMILES string of the molecule is COc1ccc(CO[C@H]2[C@@H](OCc3ccccc3)[C@@H](COCc3ccccc3)O[C@@H](OCc3ccccc3)[C@@H]2OCc2ccccc2)cc1. The number of hydrogen-bond donors (Lipinski definition) is 0. The molecule has 0 spiro atoms. The molecule has 0 saturated carbocycles. The Labute approximate surface area is 289 Å². The van der Waals surface area contributed by atoms with Crippen LogP contribution < -0.4 is 4.74 Å². The summed E-state index contributed by atoms with van der Waals surface area (Å²) in [6, 6.07) is 48.2. The number of rotatable bonds is 17. The van der Waals surface area contributed by atoms with Crippen LogP contribution in [0.25, 0.3) is 0 Å². The molecule has 5 aromatic rings. The van der Waals surface area contributed by atoms with Gasteiger partial charge in [0.1, 0.15) is 30.2 Å². The first-order valence-electron chi connectivity index (χ1n) is 16.7. The summed E-state index contributed by atoms with van der Waals surface area (Å²) >= 11 is 0. The first kappa shape index (κ1) is 34.5. The molecule has 0 unspecified atom stereocenters. The van der Waals surface area contributed by atoms with Crippen LogP contribution >= 0.6 is 0 Å². The molecule has 49 heavy (non-hydrogen) atoms. The Kier molecular flexibility index (Phi) is 13.0. The minimum absolute atomic E-state index is 0.271. The van der Waals surface area contributed by atoms with Gasteiger partial charge in [0.05, 0.1) is 46.8 Å². The van der Waals surface area contributed by atoms with Gasteiger partial charge in [-0.2, -0.15) is 0 Å². The lowest BCUT2D eigenvalue weighted by atomic mass is 9.97. The van der Waals surface area contributed by atoms with Crippen molar-refractivity contribution in [3.8, 4) is 5.75 Å². The van der Waals surface area contributed by atoms with Gasteiger partial charge in [0.15, 0.2) is 6.29 Å². The Balaban J connectivity index is 1.30. The minimum atomic E-state index is -0.758. The van der Waals surface area contributed by atoms with Gasteiger partial charge in [-0.05, 0) is 39.9 Å². The molecule has 0 amide bonds. The van der Waals surface area contributed by atoms with Crippen LogP contribution in [0.15, 0.2) is 146 Å². The quantitative estimate of drug-likeness (QED) is 0.100. The maximum atomic E-state index is 6.82. The number of hydrogen-bond acceptors (Lipinski definition) is 7. The zero-order valence-corrected chi connectivity index (χ0v) is 27.8. The molecular formula is C42H44O7. The molecule has 1 aliphatic rings. The van der Waals surface area contributed by atoms with E-state index in [9.17, 15) is 0 Å². The van der Waals surface area contributed by atoms with Crippen LogP contribution in [0.1, 0.15) is 27.8 Å². The average Bonchev–Trinajstić information content (AvgIpc) is 3.17. The van der Waals surface area contributed by atoms with Gasteiger partial charge in [0, 0.05) is 0 Å². The van der Waals surface area contributed by atoms with Crippen molar-refractivity contribution >= 4 is 0 Å². The summed E-state index contributed by atoms with van der Waals surface area (Å²) in [6.07, 6.45) is -2.98. The van der Waals surface area contributed by atoms with Gasteiger partial charge in [-0.1, -0.05) is 133 Å². The molecule has 0 aromatic heterocycles. The van der Waals surface area contributed by atoms with Crippen molar-refractivity contribution in [3.63, 3.8) is 0 Å². The molecule has 1 aliphatic heterocycles. The summed E-state index contributed by atoms with van der Waals surface area (Å²) in [5.41, 5.74) is 5.18. The Morgan fingerprint density at radius 2 is 0.837 bits per heavy atom. The number of methoxy groups -OCH3 is 1. The van der Waals surface area contributed by atoms with E-state index in [-0.39, 0.29) is 6.61 Å². The molecule has 1 heterocycles. The molecule has 0 radical (unpaired) electrons. The van der Waals surface area contributed by atoms with E-state index < -0.39 is 30.7 Å². The van der Waals surface area contributed by atoms with E-state index in [1.165, 1.54) is 0 Å². The van der Waals surface area contributed by atoms with Gasteiger partial charge in [0.2, 0.25) is 0 Å². The van der Waals surface area contributed by atoms with Crippen molar-refractivity contribution in [2.75, 3.05) is 13.7 Å².